The van der Waals surface area contributed by atoms with Crippen LogP contribution in [0, 0.1) is 5.41 Å². The molecule has 1 aromatic rings. The summed E-state index contributed by atoms with van der Waals surface area (Å²) in [5.41, 5.74) is 0.283. The number of aromatic nitrogens is 2. The number of carboxylic acid groups (broad SMARTS) is 1. The van der Waals surface area contributed by atoms with E-state index in [0.717, 1.165) is 25.7 Å². The molecule has 0 radical (unpaired) electrons. The summed E-state index contributed by atoms with van der Waals surface area (Å²) in [6.45, 7) is 1.91. The molecule has 6 heteroatoms. The van der Waals surface area contributed by atoms with Crippen LogP contribution >= 0.6 is 0 Å². The quantitative estimate of drug-likeness (QED) is 0.743. The van der Waals surface area contributed by atoms with Gasteiger partial charge in [0.1, 0.15) is 6.04 Å². The van der Waals surface area contributed by atoms with E-state index < -0.39 is 17.4 Å². The van der Waals surface area contributed by atoms with Gasteiger partial charge < -0.3 is 15.4 Å². The molecule has 1 saturated carbocycles. The lowest BCUT2D eigenvalue weighted by atomic mass is 9.87. The largest absolute Gasteiger partial charge is 0.480 e. The second-order valence-corrected chi connectivity index (χ2v) is 5.41. The van der Waals surface area contributed by atoms with Crippen LogP contribution < -0.4 is 5.32 Å². The van der Waals surface area contributed by atoms with Gasteiger partial charge in [0, 0.05) is 23.7 Å². The summed E-state index contributed by atoms with van der Waals surface area (Å²) in [6.07, 6.45) is 7.00. The average Bonchev–Trinajstić information content (AvgIpc) is 3.00. The number of hydrogen-bond donors (Lipinski definition) is 3. The van der Waals surface area contributed by atoms with Crippen molar-refractivity contribution in [1.29, 1.82) is 0 Å². The van der Waals surface area contributed by atoms with Crippen LogP contribution in [0.25, 0.3) is 0 Å². The molecular formula is C13H19N3O3. The molecule has 2 rings (SSSR count). The van der Waals surface area contributed by atoms with E-state index in [1.807, 2.05) is 6.92 Å². The topological polar surface area (TPSA) is 95.1 Å². The highest BCUT2D eigenvalue weighted by Crippen LogP contribution is 2.37. The number of aliphatic carboxylic acids is 1. The van der Waals surface area contributed by atoms with Crippen LogP contribution in [0.1, 0.15) is 38.3 Å². The molecule has 19 heavy (non-hydrogen) atoms. The van der Waals surface area contributed by atoms with Crippen molar-refractivity contribution in [3.63, 3.8) is 0 Å². The number of hydrogen-bond acceptors (Lipinski definition) is 3. The van der Waals surface area contributed by atoms with E-state index in [1.165, 1.54) is 6.33 Å². The number of carboxylic acids is 1. The molecule has 3 N–H and O–H groups in total. The summed E-state index contributed by atoms with van der Waals surface area (Å²) < 4.78 is 0. The minimum atomic E-state index is -1.02. The molecule has 0 saturated heterocycles. The van der Waals surface area contributed by atoms with Crippen LogP contribution in [0.2, 0.25) is 0 Å². The van der Waals surface area contributed by atoms with Crippen molar-refractivity contribution >= 4 is 11.9 Å². The Balaban J connectivity index is 2.00. The van der Waals surface area contributed by atoms with E-state index in [-0.39, 0.29) is 12.3 Å². The molecule has 104 valence electrons. The van der Waals surface area contributed by atoms with E-state index in [9.17, 15) is 14.7 Å². The average molecular weight is 265 g/mol. The van der Waals surface area contributed by atoms with Gasteiger partial charge >= 0.3 is 5.97 Å². The maximum absolute atomic E-state index is 12.2. The Labute approximate surface area is 111 Å². The molecular weight excluding hydrogens is 246 g/mol. The Bertz CT molecular complexity index is 450. The number of imidazole rings is 1. The van der Waals surface area contributed by atoms with Crippen LogP contribution in [-0.4, -0.2) is 33.0 Å². The summed E-state index contributed by atoms with van der Waals surface area (Å²) in [5.74, 6) is -1.18. The van der Waals surface area contributed by atoms with Crippen molar-refractivity contribution in [2.45, 2.75) is 45.1 Å². The van der Waals surface area contributed by atoms with Crippen molar-refractivity contribution in [3.8, 4) is 0 Å². The van der Waals surface area contributed by atoms with Crippen LogP contribution in [0.5, 0.6) is 0 Å². The first kappa shape index (κ1) is 13.6. The Hall–Kier alpha value is -1.85. The maximum Gasteiger partial charge on any atom is 0.326 e. The molecule has 1 fully saturated rings. The molecule has 1 atom stereocenters. The van der Waals surface area contributed by atoms with Gasteiger partial charge in [-0.15, -0.1) is 0 Å². The second kappa shape index (κ2) is 5.42. The van der Waals surface area contributed by atoms with E-state index in [1.54, 1.807) is 6.20 Å². The molecule has 6 nitrogen and oxygen atoms in total. The summed E-state index contributed by atoms with van der Waals surface area (Å²) in [4.78, 5) is 30.1. The number of carbonyl (C=O) groups excluding carboxylic acids is 1. The first-order chi connectivity index (χ1) is 9.01. The van der Waals surface area contributed by atoms with Gasteiger partial charge in [0.05, 0.1) is 6.33 Å². The van der Waals surface area contributed by atoms with Gasteiger partial charge in [0.25, 0.3) is 0 Å². The van der Waals surface area contributed by atoms with Gasteiger partial charge in [-0.2, -0.15) is 0 Å². The third-order valence-corrected chi connectivity index (χ3v) is 3.84. The minimum Gasteiger partial charge on any atom is -0.480 e. The van der Waals surface area contributed by atoms with Gasteiger partial charge in [0.15, 0.2) is 0 Å². The van der Waals surface area contributed by atoms with E-state index in [2.05, 4.69) is 15.3 Å². The van der Waals surface area contributed by atoms with Gasteiger partial charge in [-0.25, -0.2) is 9.78 Å². The Kier molecular flexibility index (Phi) is 3.87. The highest BCUT2D eigenvalue weighted by Gasteiger charge is 2.38. The zero-order chi connectivity index (χ0) is 13.9. The molecule has 1 unspecified atom stereocenters. The van der Waals surface area contributed by atoms with Crippen molar-refractivity contribution in [2.75, 3.05) is 0 Å². The van der Waals surface area contributed by atoms with Gasteiger partial charge in [-0.3, -0.25) is 4.79 Å². The van der Waals surface area contributed by atoms with E-state index in [0.29, 0.717) is 5.69 Å². The molecule has 0 aliphatic heterocycles. The first-order valence-corrected chi connectivity index (χ1v) is 6.52. The van der Waals surface area contributed by atoms with Crippen LogP contribution in [0.15, 0.2) is 12.5 Å². The molecule has 1 amide bonds. The molecule has 1 aliphatic carbocycles. The van der Waals surface area contributed by atoms with Crippen molar-refractivity contribution in [2.24, 2.45) is 5.41 Å². The fourth-order valence-corrected chi connectivity index (χ4v) is 2.53. The van der Waals surface area contributed by atoms with Gasteiger partial charge in [-0.05, 0) is 12.8 Å². The Morgan fingerprint density at radius 2 is 2.21 bits per heavy atom. The lowest BCUT2D eigenvalue weighted by molar-refractivity contribution is -0.143. The lowest BCUT2D eigenvalue weighted by Gasteiger charge is -2.24. The lowest BCUT2D eigenvalue weighted by Crippen LogP contribution is -2.47. The van der Waals surface area contributed by atoms with Gasteiger partial charge in [-0.1, -0.05) is 19.8 Å². The predicted molar refractivity (Wildman–Crippen MR) is 68.4 cm³/mol. The minimum absolute atomic E-state index is 0.156. The number of H-pyrrole nitrogens is 1. The standard InChI is InChI=1S/C13H19N3O3/c1-13(4-2-3-5-13)12(19)16-10(11(17)18)6-9-7-14-8-15-9/h7-8,10H,2-6H2,1H3,(H,14,15)(H,16,19)(H,17,18). The monoisotopic (exact) mass is 265 g/mol. The number of amides is 1. The summed E-state index contributed by atoms with van der Waals surface area (Å²) >= 11 is 0. The first-order valence-electron chi connectivity index (χ1n) is 6.52. The zero-order valence-corrected chi connectivity index (χ0v) is 11.0. The molecule has 0 bridgehead atoms. The Morgan fingerprint density at radius 1 is 1.53 bits per heavy atom. The van der Waals surface area contributed by atoms with E-state index in [4.69, 9.17) is 0 Å². The highest BCUT2D eigenvalue weighted by atomic mass is 16.4. The Morgan fingerprint density at radius 3 is 2.74 bits per heavy atom. The zero-order valence-electron chi connectivity index (χ0n) is 11.0. The predicted octanol–water partition coefficient (Wildman–Crippen LogP) is 1.10. The summed E-state index contributed by atoms with van der Waals surface area (Å²) in [7, 11) is 0. The molecule has 0 spiro atoms. The van der Waals surface area contributed by atoms with Crippen molar-refractivity contribution < 1.29 is 14.7 Å². The molecule has 1 aromatic heterocycles. The van der Waals surface area contributed by atoms with Crippen molar-refractivity contribution in [1.82, 2.24) is 15.3 Å². The summed E-state index contributed by atoms with van der Waals surface area (Å²) in [5, 5.41) is 11.8. The molecule has 1 heterocycles. The van der Waals surface area contributed by atoms with Crippen LogP contribution in [0.3, 0.4) is 0 Å². The summed E-state index contributed by atoms with van der Waals surface area (Å²) in [6, 6.07) is -0.912. The molecule has 0 aromatic carbocycles. The fraction of sp³-hybridized carbons (Fsp3) is 0.615. The number of carbonyl (C=O) groups is 2. The van der Waals surface area contributed by atoms with Gasteiger partial charge in [0.2, 0.25) is 5.91 Å². The van der Waals surface area contributed by atoms with Crippen LogP contribution in [0.4, 0.5) is 0 Å². The third kappa shape index (κ3) is 3.13. The second-order valence-electron chi connectivity index (χ2n) is 5.41. The van der Waals surface area contributed by atoms with E-state index >= 15 is 0 Å². The number of aromatic amines is 1. The number of nitrogens with one attached hydrogen (secondary N) is 2. The number of nitrogens with zero attached hydrogens (tertiary/aromatic N) is 1. The smallest absolute Gasteiger partial charge is 0.326 e. The fourth-order valence-electron chi connectivity index (χ4n) is 2.53. The SMILES string of the molecule is CC1(C(=O)NC(Cc2cnc[nH]2)C(=O)O)CCCC1. The maximum atomic E-state index is 12.2. The van der Waals surface area contributed by atoms with Crippen molar-refractivity contribution in [3.05, 3.63) is 18.2 Å². The van der Waals surface area contributed by atoms with Crippen LogP contribution in [-0.2, 0) is 16.0 Å². The highest BCUT2D eigenvalue weighted by molar-refractivity contribution is 5.87. The third-order valence-electron chi connectivity index (χ3n) is 3.84. The normalized spacial score (nSPS) is 19.0. The molecule has 1 aliphatic rings. The number of rotatable bonds is 5.